The zero-order valence-electron chi connectivity index (χ0n) is 13.7. The summed E-state index contributed by atoms with van der Waals surface area (Å²) >= 11 is 1.81. The number of ether oxygens (including phenoxy) is 1. The van der Waals surface area contributed by atoms with Gasteiger partial charge in [0.25, 0.3) is 0 Å². The highest BCUT2D eigenvalue weighted by Gasteiger charge is 2.36. The second-order valence-corrected chi connectivity index (χ2v) is 7.41. The lowest BCUT2D eigenvalue weighted by Crippen LogP contribution is -2.46. The lowest BCUT2D eigenvalue weighted by Gasteiger charge is -2.30. The highest BCUT2D eigenvalue weighted by molar-refractivity contribution is 7.97. The molecule has 0 bridgehead atoms. The molecule has 126 valence electrons. The van der Waals surface area contributed by atoms with Crippen molar-refractivity contribution in [1.82, 2.24) is 10.6 Å². The number of rotatable bonds is 6. The van der Waals surface area contributed by atoms with Gasteiger partial charge in [0.05, 0.1) is 6.10 Å². The van der Waals surface area contributed by atoms with E-state index in [1.165, 1.54) is 18.4 Å². The zero-order chi connectivity index (χ0) is 16.1. The van der Waals surface area contributed by atoms with Crippen LogP contribution in [0.4, 0.5) is 4.79 Å². The molecule has 0 aromatic heterocycles. The quantitative estimate of drug-likeness (QED) is 0.839. The van der Waals surface area contributed by atoms with E-state index in [4.69, 9.17) is 4.74 Å². The maximum absolute atomic E-state index is 12.1. The molecule has 2 amide bonds. The van der Waals surface area contributed by atoms with Crippen LogP contribution in [0.25, 0.3) is 0 Å². The molecular weight excluding hydrogens is 308 g/mol. The van der Waals surface area contributed by atoms with Crippen LogP contribution >= 0.6 is 11.8 Å². The van der Waals surface area contributed by atoms with Crippen LogP contribution in [0, 0.1) is 5.92 Å². The Labute approximate surface area is 142 Å². The summed E-state index contributed by atoms with van der Waals surface area (Å²) in [4.78, 5) is 12.1. The molecule has 23 heavy (non-hydrogen) atoms. The highest BCUT2D eigenvalue weighted by atomic mass is 32.2. The van der Waals surface area contributed by atoms with Crippen LogP contribution in [0.2, 0.25) is 0 Å². The molecule has 2 atom stereocenters. The number of hydrogen-bond donors (Lipinski definition) is 2. The molecule has 1 aromatic carbocycles. The Hall–Kier alpha value is -1.20. The summed E-state index contributed by atoms with van der Waals surface area (Å²) in [7, 11) is 0. The van der Waals surface area contributed by atoms with Crippen molar-refractivity contribution >= 4 is 17.8 Å². The molecule has 1 aromatic rings. The number of carbonyl (C=O) groups excluding carboxylic acids is 1. The van der Waals surface area contributed by atoms with Gasteiger partial charge in [0, 0.05) is 24.9 Å². The minimum Gasteiger partial charge on any atom is -0.378 e. The number of carbonyl (C=O) groups is 1. The maximum atomic E-state index is 12.1. The summed E-state index contributed by atoms with van der Waals surface area (Å²) in [6, 6.07) is 8.58. The first-order valence-corrected chi connectivity index (χ1v) is 9.86. The standard InChI is InChI=1S/C18H26N2O2S/c1-23-12-14-4-2-3-13(9-14)11-19-18(21)20-16-7-8-22-17(10-16)15-5-6-15/h2-4,9,15-17H,5-8,10-12H2,1H3,(H2,19,20,21)/t16-,17+/m1/s1. The van der Waals surface area contributed by atoms with Crippen molar-refractivity contribution in [2.45, 2.75) is 50.1 Å². The molecule has 1 saturated carbocycles. The van der Waals surface area contributed by atoms with Crippen LogP contribution < -0.4 is 10.6 Å². The topological polar surface area (TPSA) is 50.4 Å². The Bertz CT molecular complexity index is 534. The van der Waals surface area contributed by atoms with Crippen molar-refractivity contribution in [3.05, 3.63) is 35.4 Å². The predicted molar refractivity (Wildman–Crippen MR) is 94.5 cm³/mol. The second-order valence-electron chi connectivity index (χ2n) is 6.55. The van der Waals surface area contributed by atoms with Gasteiger partial charge in [-0.15, -0.1) is 0 Å². The molecule has 1 heterocycles. The van der Waals surface area contributed by atoms with E-state index in [1.54, 1.807) is 0 Å². The zero-order valence-corrected chi connectivity index (χ0v) is 14.5. The molecule has 0 unspecified atom stereocenters. The summed E-state index contributed by atoms with van der Waals surface area (Å²) in [6.45, 7) is 1.34. The first kappa shape index (κ1) is 16.7. The van der Waals surface area contributed by atoms with E-state index in [1.807, 2.05) is 11.8 Å². The summed E-state index contributed by atoms with van der Waals surface area (Å²) in [6.07, 6.45) is 6.91. The Balaban J connectivity index is 1.43. The summed E-state index contributed by atoms with van der Waals surface area (Å²) in [5.74, 6) is 1.74. The van der Waals surface area contributed by atoms with Crippen molar-refractivity contribution in [2.24, 2.45) is 5.92 Å². The van der Waals surface area contributed by atoms with Gasteiger partial charge in [0.1, 0.15) is 0 Å². The van der Waals surface area contributed by atoms with Gasteiger partial charge < -0.3 is 15.4 Å². The number of thioether (sulfide) groups is 1. The first-order valence-electron chi connectivity index (χ1n) is 8.47. The molecule has 4 nitrogen and oxygen atoms in total. The van der Waals surface area contributed by atoms with Crippen LogP contribution in [0.5, 0.6) is 0 Å². The third kappa shape index (κ3) is 5.15. The second kappa shape index (κ2) is 8.06. The van der Waals surface area contributed by atoms with E-state index in [0.717, 1.165) is 36.7 Å². The SMILES string of the molecule is CSCc1cccc(CNC(=O)N[C@@H]2CCO[C@H](C3CC3)C2)c1. The van der Waals surface area contributed by atoms with E-state index >= 15 is 0 Å². The van der Waals surface area contributed by atoms with Gasteiger partial charge in [-0.05, 0) is 49.0 Å². The van der Waals surface area contributed by atoms with Gasteiger partial charge in [-0.2, -0.15) is 11.8 Å². The smallest absolute Gasteiger partial charge is 0.315 e. The number of urea groups is 1. The third-order valence-corrected chi connectivity index (χ3v) is 5.18. The molecular formula is C18H26N2O2S. The molecule has 2 N–H and O–H groups in total. The van der Waals surface area contributed by atoms with Crippen LogP contribution in [0.3, 0.4) is 0 Å². The molecule has 1 aliphatic heterocycles. The fraction of sp³-hybridized carbons (Fsp3) is 0.611. The summed E-state index contributed by atoms with van der Waals surface area (Å²) in [5.41, 5.74) is 2.45. The van der Waals surface area contributed by atoms with E-state index < -0.39 is 0 Å². The minimum absolute atomic E-state index is 0.0679. The Morgan fingerprint density at radius 2 is 2.13 bits per heavy atom. The first-order chi connectivity index (χ1) is 11.2. The largest absolute Gasteiger partial charge is 0.378 e. The normalized spacial score (nSPS) is 24.2. The average Bonchev–Trinajstić information content (AvgIpc) is 3.39. The predicted octanol–water partition coefficient (Wildman–Crippen LogP) is 3.31. The van der Waals surface area contributed by atoms with E-state index in [2.05, 4.69) is 41.2 Å². The Kier molecular flexibility index (Phi) is 5.84. The van der Waals surface area contributed by atoms with Crippen molar-refractivity contribution in [1.29, 1.82) is 0 Å². The van der Waals surface area contributed by atoms with Gasteiger partial charge in [0.15, 0.2) is 0 Å². The summed E-state index contributed by atoms with van der Waals surface area (Å²) in [5, 5.41) is 6.08. The molecule has 1 aliphatic carbocycles. The van der Waals surface area contributed by atoms with Crippen molar-refractivity contribution in [3.63, 3.8) is 0 Å². The fourth-order valence-corrected chi connectivity index (χ4v) is 3.68. The van der Waals surface area contributed by atoms with Crippen LogP contribution in [0.1, 0.15) is 36.8 Å². The molecule has 2 aliphatic rings. The van der Waals surface area contributed by atoms with Gasteiger partial charge in [-0.25, -0.2) is 4.79 Å². The van der Waals surface area contributed by atoms with Crippen LogP contribution in [0.15, 0.2) is 24.3 Å². The Morgan fingerprint density at radius 1 is 1.30 bits per heavy atom. The molecule has 5 heteroatoms. The fourth-order valence-electron chi connectivity index (χ4n) is 3.17. The van der Waals surface area contributed by atoms with Crippen molar-refractivity contribution in [2.75, 3.05) is 12.9 Å². The maximum Gasteiger partial charge on any atom is 0.315 e. The molecule has 1 saturated heterocycles. The monoisotopic (exact) mass is 334 g/mol. The van der Waals surface area contributed by atoms with Crippen LogP contribution in [-0.2, 0) is 17.0 Å². The third-order valence-electron chi connectivity index (χ3n) is 4.55. The summed E-state index contributed by atoms with van der Waals surface area (Å²) < 4.78 is 5.81. The van der Waals surface area contributed by atoms with Gasteiger partial charge in [0.2, 0.25) is 0 Å². The van der Waals surface area contributed by atoms with Gasteiger partial charge in [-0.3, -0.25) is 0 Å². The minimum atomic E-state index is -0.0679. The lowest BCUT2D eigenvalue weighted by atomic mass is 10.0. The lowest BCUT2D eigenvalue weighted by molar-refractivity contribution is -0.00914. The van der Waals surface area contributed by atoms with Gasteiger partial charge >= 0.3 is 6.03 Å². The molecule has 2 fully saturated rings. The number of hydrogen-bond acceptors (Lipinski definition) is 3. The number of amides is 2. The van der Waals surface area contributed by atoms with Gasteiger partial charge in [-0.1, -0.05) is 24.3 Å². The van der Waals surface area contributed by atoms with E-state index in [-0.39, 0.29) is 12.1 Å². The van der Waals surface area contributed by atoms with E-state index in [0.29, 0.717) is 12.6 Å². The molecule has 3 rings (SSSR count). The molecule has 0 spiro atoms. The van der Waals surface area contributed by atoms with Crippen molar-refractivity contribution < 1.29 is 9.53 Å². The number of benzene rings is 1. The van der Waals surface area contributed by atoms with Crippen LogP contribution in [-0.4, -0.2) is 31.0 Å². The number of nitrogens with one attached hydrogen (secondary N) is 2. The van der Waals surface area contributed by atoms with Crippen molar-refractivity contribution in [3.8, 4) is 0 Å². The highest BCUT2D eigenvalue weighted by Crippen LogP contribution is 2.38. The average molecular weight is 334 g/mol. The van der Waals surface area contributed by atoms with E-state index in [9.17, 15) is 4.79 Å². The Morgan fingerprint density at radius 3 is 2.91 bits per heavy atom. The molecule has 0 radical (unpaired) electrons.